The lowest BCUT2D eigenvalue weighted by molar-refractivity contribution is -0.302. The number of hydrogen-bond acceptors (Lipinski definition) is 8. The minimum atomic E-state index is -1.58. The highest BCUT2D eigenvalue weighted by Gasteiger charge is 2.44. The maximum atomic E-state index is 13.1. The summed E-state index contributed by atoms with van der Waals surface area (Å²) in [4.78, 5) is 13.1. The number of allylic oxidation sites excluding steroid dienone is 19. The van der Waals surface area contributed by atoms with Gasteiger partial charge in [0.25, 0.3) is 0 Å². The van der Waals surface area contributed by atoms with Crippen molar-refractivity contribution in [2.24, 2.45) is 0 Å². The van der Waals surface area contributed by atoms with Gasteiger partial charge in [-0.1, -0.05) is 296 Å². The molecule has 470 valence electrons. The lowest BCUT2D eigenvalue weighted by atomic mass is 9.99. The van der Waals surface area contributed by atoms with Gasteiger partial charge in [-0.05, 0) is 96.3 Å². The van der Waals surface area contributed by atoms with Gasteiger partial charge >= 0.3 is 0 Å². The van der Waals surface area contributed by atoms with E-state index >= 15 is 0 Å². The molecule has 1 saturated heterocycles. The van der Waals surface area contributed by atoms with E-state index in [2.05, 4.69) is 129 Å². The molecule has 82 heavy (non-hydrogen) atoms. The highest BCUT2D eigenvalue weighted by Crippen LogP contribution is 2.23. The monoisotopic (exact) mass is 1140 g/mol. The number of aliphatic hydroxyl groups excluding tert-OH is 5. The van der Waals surface area contributed by atoms with Crippen molar-refractivity contribution in [3.05, 3.63) is 122 Å². The van der Waals surface area contributed by atoms with E-state index in [0.29, 0.717) is 6.42 Å². The van der Waals surface area contributed by atoms with E-state index in [0.717, 1.165) is 103 Å². The van der Waals surface area contributed by atoms with Crippen LogP contribution >= 0.6 is 0 Å². The van der Waals surface area contributed by atoms with Gasteiger partial charge in [-0.3, -0.25) is 4.79 Å². The Balaban J connectivity index is 2.21. The molecule has 0 aromatic carbocycles. The van der Waals surface area contributed by atoms with Crippen molar-refractivity contribution in [2.45, 2.75) is 320 Å². The Morgan fingerprint density at radius 2 is 0.768 bits per heavy atom. The molecule has 0 radical (unpaired) electrons. The topological polar surface area (TPSA) is 149 Å². The number of aliphatic hydroxyl groups is 5. The molecule has 0 aromatic heterocycles. The molecule has 0 saturated carbocycles. The molecule has 0 aromatic rings. The third-order valence-corrected chi connectivity index (χ3v) is 15.3. The van der Waals surface area contributed by atoms with E-state index in [9.17, 15) is 30.3 Å². The molecule has 1 amide bonds. The number of carbonyl (C=O) groups excluding carboxylic acids is 1. The Morgan fingerprint density at radius 3 is 1.17 bits per heavy atom. The third-order valence-electron chi connectivity index (χ3n) is 15.3. The Bertz CT molecular complexity index is 1710. The molecule has 0 spiro atoms. The van der Waals surface area contributed by atoms with Crippen LogP contribution in [0.3, 0.4) is 0 Å². The van der Waals surface area contributed by atoms with Crippen LogP contribution in [-0.4, -0.2) is 87.5 Å². The number of unbranched alkanes of at least 4 members (excludes halogenated alkanes) is 29. The van der Waals surface area contributed by atoms with Crippen LogP contribution in [0.15, 0.2) is 122 Å². The normalized spacial score (nSPS) is 19.1. The number of hydrogen-bond donors (Lipinski definition) is 6. The Kier molecular flexibility index (Phi) is 56.7. The summed E-state index contributed by atoms with van der Waals surface area (Å²) in [7, 11) is 0. The summed E-state index contributed by atoms with van der Waals surface area (Å²) in [6, 6.07) is -0.837. The van der Waals surface area contributed by atoms with Gasteiger partial charge in [-0.2, -0.15) is 0 Å². The molecule has 6 N–H and O–H groups in total. The molecule has 9 nitrogen and oxygen atoms in total. The van der Waals surface area contributed by atoms with Crippen LogP contribution in [0, 0.1) is 0 Å². The van der Waals surface area contributed by atoms with Gasteiger partial charge in [0.2, 0.25) is 5.91 Å². The maximum absolute atomic E-state index is 13.1. The molecule has 1 rings (SSSR count). The van der Waals surface area contributed by atoms with Crippen LogP contribution in [-0.2, 0) is 14.3 Å². The summed E-state index contributed by atoms with van der Waals surface area (Å²) in [6.45, 7) is 3.66. The first-order valence-corrected chi connectivity index (χ1v) is 33.8. The first kappa shape index (κ1) is 76.6. The summed E-state index contributed by atoms with van der Waals surface area (Å²) in [6.07, 6.45) is 84.3. The second-order valence-electron chi connectivity index (χ2n) is 22.9. The largest absolute Gasteiger partial charge is 0.394 e. The molecule has 0 bridgehead atoms. The molecule has 1 aliphatic heterocycles. The van der Waals surface area contributed by atoms with Crippen LogP contribution in [0.2, 0.25) is 0 Å². The van der Waals surface area contributed by atoms with E-state index in [1.54, 1.807) is 6.08 Å². The fourth-order valence-electron chi connectivity index (χ4n) is 10.0. The molecular formula is C73H125NO8. The van der Waals surface area contributed by atoms with Gasteiger partial charge < -0.3 is 40.3 Å². The number of carbonyl (C=O) groups is 1. The van der Waals surface area contributed by atoms with E-state index in [4.69, 9.17) is 9.47 Å². The summed E-state index contributed by atoms with van der Waals surface area (Å²) in [5, 5.41) is 54.7. The zero-order chi connectivity index (χ0) is 59.3. The zero-order valence-electron chi connectivity index (χ0n) is 52.5. The lowest BCUT2D eigenvalue weighted by Crippen LogP contribution is -2.60. The minimum absolute atomic E-state index is 0.198. The first-order chi connectivity index (χ1) is 40.3. The Labute approximate surface area is 503 Å². The second-order valence-corrected chi connectivity index (χ2v) is 22.9. The van der Waals surface area contributed by atoms with E-state index < -0.39 is 49.5 Å². The number of rotatable bonds is 57. The third kappa shape index (κ3) is 48.9. The van der Waals surface area contributed by atoms with Crippen LogP contribution in [0.5, 0.6) is 0 Å². The Hall–Kier alpha value is -3.41. The summed E-state index contributed by atoms with van der Waals surface area (Å²) >= 11 is 0. The lowest BCUT2D eigenvalue weighted by Gasteiger charge is -2.40. The van der Waals surface area contributed by atoms with Crippen molar-refractivity contribution in [3.8, 4) is 0 Å². The van der Waals surface area contributed by atoms with E-state index in [1.165, 1.54) is 154 Å². The highest BCUT2D eigenvalue weighted by atomic mass is 16.7. The molecule has 1 fully saturated rings. The summed E-state index contributed by atoms with van der Waals surface area (Å²) in [5.41, 5.74) is 0. The van der Waals surface area contributed by atoms with Crippen LogP contribution in [0.4, 0.5) is 0 Å². The summed E-state index contributed by atoms with van der Waals surface area (Å²) in [5.74, 6) is -0.198. The van der Waals surface area contributed by atoms with Crippen molar-refractivity contribution in [3.63, 3.8) is 0 Å². The molecule has 1 heterocycles. The van der Waals surface area contributed by atoms with Crippen LogP contribution in [0.1, 0.15) is 277 Å². The van der Waals surface area contributed by atoms with Gasteiger partial charge in [0.15, 0.2) is 6.29 Å². The van der Waals surface area contributed by atoms with Gasteiger partial charge in [0.05, 0.1) is 25.4 Å². The quantitative estimate of drug-likeness (QED) is 0.0261. The predicted molar refractivity (Wildman–Crippen MR) is 350 cm³/mol. The number of nitrogens with one attached hydrogen (secondary N) is 1. The van der Waals surface area contributed by atoms with Crippen molar-refractivity contribution in [1.29, 1.82) is 0 Å². The van der Waals surface area contributed by atoms with Crippen molar-refractivity contribution >= 4 is 5.91 Å². The van der Waals surface area contributed by atoms with E-state index in [-0.39, 0.29) is 12.5 Å². The molecule has 7 atom stereocenters. The fraction of sp³-hybridized carbons (Fsp3) is 0.712. The van der Waals surface area contributed by atoms with Crippen molar-refractivity contribution < 1.29 is 39.8 Å². The molecule has 1 aliphatic rings. The van der Waals surface area contributed by atoms with Gasteiger partial charge in [-0.15, -0.1) is 0 Å². The van der Waals surface area contributed by atoms with Gasteiger partial charge in [-0.25, -0.2) is 0 Å². The maximum Gasteiger partial charge on any atom is 0.220 e. The molecule has 7 unspecified atom stereocenters. The number of amides is 1. The van der Waals surface area contributed by atoms with E-state index in [1.807, 2.05) is 6.08 Å². The van der Waals surface area contributed by atoms with Crippen LogP contribution in [0.25, 0.3) is 0 Å². The fourth-order valence-corrected chi connectivity index (χ4v) is 10.0. The predicted octanol–water partition coefficient (Wildman–Crippen LogP) is 18.2. The first-order valence-electron chi connectivity index (χ1n) is 33.8. The zero-order valence-corrected chi connectivity index (χ0v) is 52.5. The average molecular weight is 1140 g/mol. The smallest absolute Gasteiger partial charge is 0.220 e. The molecule has 9 heteroatoms. The standard InChI is InChI=1S/C73H125NO8/c1-3-5-7-9-11-13-15-17-19-21-23-25-27-29-31-32-33-34-35-36-37-39-41-43-45-47-49-51-53-55-57-59-61-63-69(77)74-66(65-81-73-72(80)71(79)70(78)68(64-75)82-73)67(76)62-60-58-56-54-52-50-48-46-44-42-40-38-30-28-26-24-22-20-18-16-14-12-10-8-6-4-2/h5,7,11,13,17,19,23,25,29,31,33-34,36-37,41,43,52,54,60,62,66-68,70-73,75-76,78-80H,3-4,6,8-10,12,14-16,18,20-22,24,26-28,30,32,35,38-40,42,44-51,53,55-59,61,63-65H2,1-2H3,(H,74,77)/b7-5-,13-11-,19-17-,25-23-,31-29-,34-33-,37-36-,43-41-,54-52+,62-60+. The molecular weight excluding hydrogens is 1020 g/mol. The van der Waals surface area contributed by atoms with Gasteiger partial charge in [0.1, 0.15) is 24.4 Å². The second kappa shape index (κ2) is 60.7. The number of ether oxygens (including phenoxy) is 2. The summed E-state index contributed by atoms with van der Waals surface area (Å²) < 4.78 is 11.3. The Morgan fingerprint density at radius 1 is 0.427 bits per heavy atom. The van der Waals surface area contributed by atoms with Crippen molar-refractivity contribution in [1.82, 2.24) is 5.32 Å². The SMILES string of the molecule is CC/C=C\C/C=C\C/C=C\C/C=C\C/C=C\C/C=C\C/C=C\C/C=C\CCCCCCCCCCC(=O)NC(COC1OC(CO)C(O)C(O)C1O)C(O)/C=C/CC/C=C/CCCCCCCCCCCCCCCCCCCCCC. The highest BCUT2D eigenvalue weighted by molar-refractivity contribution is 5.76. The average Bonchev–Trinajstić information content (AvgIpc) is 3.57. The van der Waals surface area contributed by atoms with Crippen molar-refractivity contribution in [2.75, 3.05) is 13.2 Å². The molecule has 0 aliphatic carbocycles. The van der Waals surface area contributed by atoms with Gasteiger partial charge in [0, 0.05) is 6.42 Å². The van der Waals surface area contributed by atoms with Crippen LogP contribution < -0.4 is 5.32 Å². The minimum Gasteiger partial charge on any atom is -0.394 e.